The number of aliphatic carboxylic acids is 1. The first-order valence-corrected chi connectivity index (χ1v) is 12.9. The maximum Gasteiger partial charge on any atom is 0.407 e. The Morgan fingerprint density at radius 1 is 1.12 bits per heavy atom. The molecule has 2 aliphatic rings. The topological polar surface area (TPSA) is 95.9 Å². The van der Waals surface area contributed by atoms with Gasteiger partial charge in [-0.05, 0) is 28.7 Å². The van der Waals surface area contributed by atoms with Gasteiger partial charge in [0, 0.05) is 24.1 Å². The lowest BCUT2D eigenvalue weighted by atomic mass is 9.98. The predicted molar refractivity (Wildman–Crippen MR) is 132 cm³/mol. The molecule has 8 heteroatoms. The Kier molecular flexibility index (Phi) is 7.77. The average molecular weight is 483 g/mol. The van der Waals surface area contributed by atoms with Crippen molar-refractivity contribution < 1.29 is 24.2 Å². The molecule has 0 aromatic heterocycles. The number of hydrogen-bond donors (Lipinski definition) is 2. The largest absolute Gasteiger partial charge is 0.480 e. The summed E-state index contributed by atoms with van der Waals surface area (Å²) in [5.74, 6) is -0.529. The third kappa shape index (κ3) is 5.22. The van der Waals surface area contributed by atoms with Crippen LogP contribution in [0.2, 0.25) is 0 Å². The lowest BCUT2D eigenvalue weighted by Gasteiger charge is -2.24. The summed E-state index contributed by atoms with van der Waals surface area (Å²) in [6, 6.07) is 15.1. The lowest BCUT2D eigenvalue weighted by molar-refractivity contribution is -0.148. The van der Waals surface area contributed by atoms with E-state index >= 15 is 0 Å². The molecular formula is C26H30N2O5S. The molecular weight excluding hydrogens is 452 g/mol. The molecule has 2 amide bonds. The van der Waals surface area contributed by atoms with Crippen molar-refractivity contribution >= 4 is 29.7 Å². The van der Waals surface area contributed by atoms with Crippen LogP contribution in [0, 0.1) is 0 Å². The van der Waals surface area contributed by atoms with Gasteiger partial charge in [-0.2, -0.15) is 0 Å². The normalized spacial score (nSPS) is 17.7. The van der Waals surface area contributed by atoms with E-state index in [2.05, 4.69) is 29.6 Å². The van der Waals surface area contributed by atoms with Crippen LogP contribution >= 0.6 is 11.8 Å². The number of thioether (sulfide) groups is 1. The van der Waals surface area contributed by atoms with Crippen molar-refractivity contribution in [3.8, 4) is 11.1 Å². The summed E-state index contributed by atoms with van der Waals surface area (Å²) < 4.78 is 5.64. The van der Waals surface area contributed by atoms with Gasteiger partial charge in [-0.15, -0.1) is 11.8 Å². The van der Waals surface area contributed by atoms with Crippen LogP contribution in [0.3, 0.4) is 0 Å². The number of carbonyl (C=O) groups excluding carboxylic acids is 2. The monoisotopic (exact) mass is 482 g/mol. The minimum atomic E-state index is -0.993. The van der Waals surface area contributed by atoms with Gasteiger partial charge in [-0.3, -0.25) is 4.79 Å². The van der Waals surface area contributed by atoms with E-state index in [0.717, 1.165) is 35.1 Å². The number of unbranched alkanes of at least 4 members (excludes halogenated alkanes) is 1. The first-order chi connectivity index (χ1) is 16.5. The van der Waals surface area contributed by atoms with Gasteiger partial charge < -0.3 is 20.1 Å². The van der Waals surface area contributed by atoms with E-state index in [0.29, 0.717) is 18.1 Å². The average Bonchev–Trinajstić information content (AvgIpc) is 3.45. The summed E-state index contributed by atoms with van der Waals surface area (Å²) >= 11 is 1.43. The molecule has 1 aliphatic heterocycles. The van der Waals surface area contributed by atoms with Crippen LogP contribution in [0.5, 0.6) is 0 Å². The van der Waals surface area contributed by atoms with Crippen LogP contribution in [0.25, 0.3) is 11.1 Å². The van der Waals surface area contributed by atoms with E-state index in [4.69, 9.17) is 4.74 Å². The number of fused-ring (bicyclic) bond motifs is 3. The number of carbonyl (C=O) groups is 3. The second kappa shape index (κ2) is 11.0. The van der Waals surface area contributed by atoms with Crippen LogP contribution in [0.1, 0.15) is 49.7 Å². The molecule has 0 bridgehead atoms. The van der Waals surface area contributed by atoms with E-state index in [9.17, 15) is 19.5 Å². The number of carboxylic acids is 1. The molecule has 2 N–H and O–H groups in total. The van der Waals surface area contributed by atoms with Gasteiger partial charge in [0.15, 0.2) is 0 Å². The molecule has 34 heavy (non-hydrogen) atoms. The molecule has 1 unspecified atom stereocenters. The highest BCUT2D eigenvalue weighted by molar-refractivity contribution is 7.99. The fourth-order valence-corrected chi connectivity index (χ4v) is 5.88. The van der Waals surface area contributed by atoms with E-state index in [1.165, 1.54) is 16.7 Å². The number of carboxylic acid groups (broad SMARTS) is 1. The number of ether oxygens (including phenoxy) is 1. The van der Waals surface area contributed by atoms with Crippen LogP contribution < -0.4 is 5.32 Å². The zero-order valence-corrected chi connectivity index (χ0v) is 20.1. The first kappa shape index (κ1) is 24.1. The molecule has 0 radical (unpaired) electrons. The molecule has 1 aliphatic carbocycles. The van der Waals surface area contributed by atoms with Gasteiger partial charge in [-0.25, -0.2) is 9.59 Å². The summed E-state index contributed by atoms with van der Waals surface area (Å²) in [7, 11) is 0. The summed E-state index contributed by atoms with van der Waals surface area (Å²) in [4.78, 5) is 38.4. The van der Waals surface area contributed by atoms with Gasteiger partial charge >= 0.3 is 12.1 Å². The molecule has 1 heterocycles. The summed E-state index contributed by atoms with van der Waals surface area (Å²) in [6.45, 7) is 2.25. The zero-order valence-electron chi connectivity index (χ0n) is 19.2. The molecule has 7 nitrogen and oxygen atoms in total. The Morgan fingerprint density at radius 3 is 2.38 bits per heavy atom. The maximum atomic E-state index is 12.8. The number of benzene rings is 2. The van der Waals surface area contributed by atoms with Crippen molar-refractivity contribution in [2.45, 2.75) is 50.6 Å². The first-order valence-electron chi connectivity index (χ1n) is 11.7. The fourth-order valence-electron chi connectivity index (χ4n) is 4.70. The molecule has 2 aromatic rings. The third-order valence-electron chi connectivity index (χ3n) is 6.48. The van der Waals surface area contributed by atoms with Crippen LogP contribution in [0.4, 0.5) is 4.79 Å². The molecule has 0 spiro atoms. The highest BCUT2D eigenvalue weighted by Crippen LogP contribution is 2.44. The molecule has 180 valence electrons. The Labute approximate surface area is 203 Å². The molecule has 4 rings (SSSR count). The van der Waals surface area contributed by atoms with Crippen molar-refractivity contribution in [1.82, 2.24) is 10.2 Å². The SMILES string of the molecule is CCCCC(CC(=O)N1CSC[C@H]1C(=O)O)NC(=O)OCC1c2ccccc2-c2ccccc21. The number of alkyl carbamates (subject to hydrolysis) is 1. The molecule has 2 aromatic carbocycles. The molecule has 1 saturated heterocycles. The van der Waals surface area contributed by atoms with Crippen molar-refractivity contribution in [3.05, 3.63) is 59.7 Å². The number of rotatable bonds is 9. The summed E-state index contributed by atoms with van der Waals surface area (Å²) in [5.41, 5.74) is 4.60. The fraction of sp³-hybridized carbons (Fsp3) is 0.423. The summed E-state index contributed by atoms with van der Waals surface area (Å²) in [6.07, 6.45) is 1.91. The third-order valence-corrected chi connectivity index (χ3v) is 7.49. The number of nitrogens with one attached hydrogen (secondary N) is 1. The zero-order chi connectivity index (χ0) is 24.1. The number of amides is 2. The lowest BCUT2D eigenvalue weighted by Crippen LogP contribution is -2.45. The Hall–Kier alpha value is -3.00. The molecule has 2 atom stereocenters. The molecule has 0 saturated carbocycles. The van der Waals surface area contributed by atoms with Crippen LogP contribution in [-0.2, 0) is 14.3 Å². The highest BCUT2D eigenvalue weighted by atomic mass is 32.2. The smallest absolute Gasteiger partial charge is 0.407 e. The standard InChI is InChI=1S/C26H30N2O5S/c1-2-3-8-17(13-24(29)28-16-34-15-23(28)25(30)31)27-26(32)33-14-22-20-11-6-4-9-18(20)19-10-5-7-12-21(19)22/h4-7,9-12,17,22-23H,2-3,8,13-16H2,1H3,(H,27,32)(H,30,31)/t17?,23-/m0/s1. The number of nitrogens with zero attached hydrogens (tertiary/aromatic N) is 1. The van der Waals surface area contributed by atoms with Gasteiger partial charge in [0.05, 0.1) is 5.88 Å². The van der Waals surface area contributed by atoms with Crippen molar-refractivity contribution in [1.29, 1.82) is 0 Å². The van der Waals surface area contributed by atoms with E-state index < -0.39 is 24.1 Å². The summed E-state index contributed by atoms with van der Waals surface area (Å²) in [5, 5.41) is 12.2. The van der Waals surface area contributed by atoms with Crippen LogP contribution in [-0.4, -0.2) is 58.3 Å². The second-order valence-electron chi connectivity index (χ2n) is 8.73. The van der Waals surface area contributed by atoms with E-state index in [1.54, 1.807) is 0 Å². The Bertz CT molecular complexity index is 1010. The van der Waals surface area contributed by atoms with E-state index in [-0.39, 0.29) is 24.9 Å². The molecule has 1 fully saturated rings. The minimum absolute atomic E-state index is 0.0353. The quantitative estimate of drug-likeness (QED) is 0.548. The van der Waals surface area contributed by atoms with Crippen LogP contribution in [0.15, 0.2) is 48.5 Å². The van der Waals surface area contributed by atoms with Gasteiger partial charge in [0.2, 0.25) is 5.91 Å². The Morgan fingerprint density at radius 2 is 1.76 bits per heavy atom. The van der Waals surface area contributed by atoms with Gasteiger partial charge in [0.1, 0.15) is 12.6 Å². The number of hydrogen-bond acceptors (Lipinski definition) is 5. The predicted octanol–water partition coefficient (Wildman–Crippen LogP) is 4.46. The minimum Gasteiger partial charge on any atom is -0.480 e. The van der Waals surface area contributed by atoms with Gasteiger partial charge in [0.25, 0.3) is 0 Å². The van der Waals surface area contributed by atoms with Crippen molar-refractivity contribution in [2.24, 2.45) is 0 Å². The maximum absolute atomic E-state index is 12.8. The second-order valence-corrected chi connectivity index (χ2v) is 9.73. The highest BCUT2D eigenvalue weighted by Gasteiger charge is 2.35. The Balaban J connectivity index is 1.38. The van der Waals surface area contributed by atoms with Gasteiger partial charge in [-0.1, -0.05) is 68.3 Å². The van der Waals surface area contributed by atoms with Crippen molar-refractivity contribution in [2.75, 3.05) is 18.2 Å². The van der Waals surface area contributed by atoms with E-state index in [1.807, 2.05) is 31.2 Å². The van der Waals surface area contributed by atoms with Crippen molar-refractivity contribution in [3.63, 3.8) is 0 Å².